The molecular formula is C29H34Cl2F2N4O3. The number of alkyl halides is 2. The van der Waals surface area contributed by atoms with Gasteiger partial charge < -0.3 is 14.2 Å². The Hall–Kier alpha value is -2.49. The summed E-state index contributed by atoms with van der Waals surface area (Å²) in [5.74, 6) is -2.74. The summed E-state index contributed by atoms with van der Waals surface area (Å²) >= 11 is 13.4. The molecule has 40 heavy (non-hydrogen) atoms. The zero-order valence-electron chi connectivity index (χ0n) is 23.1. The standard InChI is InChI=1S/C29H34Cl2F2N4O3/c1-16-11-18(29(2,32)33)14-23-26(16)34-24(35(23)3)15-21-22(30)6-5-20(25(21)31)27(38)37-9-7-36(8-10-37)19-12-17(13-19)28(39)40-4/h5-6,14,16-17,19H,7-13,15H2,1-4H3. The molecule has 2 fully saturated rings. The zero-order valence-corrected chi connectivity index (χ0v) is 24.7. The predicted molar refractivity (Wildman–Crippen MR) is 150 cm³/mol. The first-order valence-electron chi connectivity index (χ1n) is 13.6. The van der Waals surface area contributed by atoms with Gasteiger partial charge in [0.1, 0.15) is 5.82 Å². The van der Waals surface area contributed by atoms with E-state index < -0.39 is 5.92 Å². The molecule has 0 bridgehead atoms. The number of carbonyl (C=O) groups is 2. The Balaban J connectivity index is 1.30. The quantitative estimate of drug-likeness (QED) is 0.409. The molecule has 1 amide bonds. The molecule has 5 rings (SSSR count). The van der Waals surface area contributed by atoms with Crippen LogP contribution in [0.4, 0.5) is 8.78 Å². The van der Waals surface area contributed by atoms with Crippen molar-refractivity contribution in [3.8, 4) is 0 Å². The van der Waals surface area contributed by atoms with Crippen LogP contribution in [-0.4, -0.2) is 76.5 Å². The number of allylic oxidation sites excluding steroid dienone is 1. The number of esters is 1. The molecule has 11 heteroatoms. The fourth-order valence-electron chi connectivity index (χ4n) is 6.02. The van der Waals surface area contributed by atoms with Crippen molar-refractivity contribution in [1.82, 2.24) is 19.4 Å². The highest BCUT2D eigenvalue weighted by Crippen LogP contribution is 2.40. The lowest BCUT2D eigenvalue weighted by atomic mass is 9.79. The van der Waals surface area contributed by atoms with Gasteiger partial charge in [-0.15, -0.1) is 0 Å². The number of nitrogens with zero attached hydrogens (tertiary/aromatic N) is 4. The molecule has 2 heterocycles. The first-order valence-corrected chi connectivity index (χ1v) is 14.4. The van der Waals surface area contributed by atoms with E-state index in [1.54, 1.807) is 24.1 Å². The monoisotopic (exact) mass is 594 g/mol. The third-order valence-corrected chi connectivity index (χ3v) is 9.43. The number of methoxy groups -OCH3 is 1. The number of carbonyl (C=O) groups excluding carboxylic acids is 2. The minimum Gasteiger partial charge on any atom is -0.469 e. The van der Waals surface area contributed by atoms with Crippen molar-refractivity contribution in [2.45, 2.75) is 57.4 Å². The lowest BCUT2D eigenvalue weighted by molar-refractivity contribution is -0.151. The molecule has 1 atom stereocenters. The van der Waals surface area contributed by atoms with Gasteiger partial charge in [-0.3, -0.25) is 14.5 Å². The minimum atomic E-state index is -2.90. The Morgan fingerprint density at radius 2 is 1.82 bits per heavy atom. The third kappa shape index (κ3) is 5.40. The highest BCUT2D eigenvalue weighted by atomic mass is 35.5. The van der Waals surface area contributed by atoms with Crippen molar-refractivity contribution in [1.29, 1.82) is 0 Å². The number of hydrogen-bond acceptors (Lipinski definition) is 5. The normalized spacial score (nSPS) is 23.4. The number of rotatable bonds is 6. The van der Waals surface area contributed by atoms with E-state index in [0.29, 0.717) is 46.8 Å². The summed E-state index contributed by atoms with van der Waals surface area (Å²) in [5.41, 5.74) is 2.48. The van der Waals surface area contributed by atoms with Crippen LogP contribution in [0.15, 0.2) is 17.7 Å². The molecule has 1 aliphatic heterocycles. The Kier molecular flexibility index (Phi) is 8.03. The third-order valence-electron chi connectivity index (χ3n) is 8.65. The average Bonchev–Trinajstić information content (AvgIpc) is 3.20. The molecule has 2 aliphatic carbocycles. The molecule has 2 aromatic rings. The van der Waals surface area contributed by atoms with E-state index in [2.05, 4.69) is 4.90 Å². The topological polar surface area (TPSA) is 67.7 Å². The van der Waals surface area contributed by atoms with Gasteiger partial charge in [0, 0.05) is 69.1 Å². The average molecular weight is 596 g/mol. The van der Waals surface area contributed by atoms with Crippen molar-refractivity contribution in [3.63, 3.8) is 0 Å². The Morgan fingerprint density at radius 3 is 2.45 bits per heavy atom. The second kappa shape index (κ2) is 11.1. The van der Waals surface area contributed by atoms with Crippen LogP contribution < -0.4 is 0 Å². The van der Waals surface area contributed by atoms with E-state index in [4.69, 9.17) is 32.9 Å². The van der Waals surface area contributed by atoms with Gasteiger partial charge in [-0.1, -0.05) is 30.1 Å². The van der Waals surface area contributed by atoms with E-state index in [0.717, 1.165) is 38.5 Å². The number of piperazine rings is 1. The van der Waals surface area contributed by atoms with Gasteiger partial charge in [-0.05, 0) is 43.0 Å². The van der Waals surface area contributed by atoms with Gasteiger partial charge in [0.15, 0.2) is 0 Å². The molecule has 1 saturated carbocycles. The number of fused-ring (bicyclic) bond motifs is 1. The highest BCUT2D eigenvalue weighted by molar-refractivity contribution is 6.38. The van der Waals surface area contributed by atoms with Crippen LogP contribution in [0.25, 0.3) is 6.08 Å². The molecule has 1 aromatic carbocycles. The number of imidazole rings is 1. The maximum atomic E-state index is 14.1. The van der Waals surface area contributed by atoms with Crippen molar-refractivity contribution >= 4 is 41.2 Å². The number of benzene rings is 1. The fraction of sp³-hybridized carbons (Fsp3) is 0.552. The highest BCUT2D eigenvalue weighted by Gasteiger charge is 2.40. The number of ether oxygens (including phenoxy) is 1. The minimum absolute atomic E-state index is 0.0286. The van der Waals surface area contributed by atoms with Gasteiger partial charge in [0.2, 0.25) is 0 Å². The fourth-order valence-corrected chi connectivity index (χ4v) is 6.60. The molecule has 7 nitrogen and oxygen atoms in total. The largest absolute Gasteiger partial charge is 0.469 e. The van der Waals surface area contributed by atoms with E-state index in [9.17, 15) is 18.4 Å². The van der Waals surface area contributed by atoms with E-state index >= 15 is 0 Å². The van der Waals surface area contributed by atoms with Gasteiger partial charge in [0.25, 0.3) is 11.8 Å². The van der Waals surface area contributed by atoms with E-state index in [1.165, 1.54) is 13.2 Å². The van der Waals surface area contributed by atoms with Crippen LogP contribution in [0, 0.1) is 5.92 Å². The Morgan fingerprint density at radius 1 is 1.15 bits per heavy atom. The molecular weight excluding hydrogens is 561 g/mol. The van der Waals surface area contributed by atoms with Crippen LogP contribution in [0.3, 0.4) is 0 Å². The van der Waals surface area contributed by atoms with Gasteiger partial charge >= 0.3 is 5.97 Å². The van der Waals surface area contributed by atoms with Crippen molar-refractivity contribution < 1.29 is 23.1 Å². The molecule has 0 radical (unpaired) electrons. The lowest BCUT2D eigenvalue weighted by Crippen LogP contribution is -2.56. The van der Waals surface area contributed by atoms with Gasteiger partial charge in [-0.25, -0.2) is 13.8 Å². The van der Waals surface area contributed by atoms with E-state index in [1.807, 2.05) is 11.5 Å². The first kappa shape index (κ1) is 29.0. The molecule has 216 valence electrons. The number of hydrogen-bond donors (Lipinski definition) is 0. The summed E-state index contributed by atoms with van der Waals surface area (Å²) in [5, 5.41) is 0.701. The molecule has 3 aliphatic rings. The second-order valence-electron chi connectivity index (χ2n) is 11.3. The van der Waals surface area contributed by atoms with Crippen molar-refractivity contribution in [3.05, 3.63) is 56.1 Å². The van der Waals surface area contributed by atoms with Crippen molar-refractivity contribution in [2.24, 2.45) is 13.0 Å². The SMILES string of the molecule is COC(=O)C1CC(N2CCN(C(=O)c3ccc(Cl)c(Cc4nc5c(n4C)C=C(C(C)(F)F)CC5C)c3Cl)CC2)C1. The van der Waals surface area contributed by atoms with Crippen LogP contribution in [0.1, 0.15) is 72.2 Å². The summed E-state index contributed by atoms with van der Waals surface area (Å²) in [6.45, 7) is 5.40. The smallest absolute Gasteiger partial charge is 0.308 e. The van der Waals surface area contributed by atoms with Crippen molar-refractivity contribution in [2.75, 3.05) is 33.3 Å². The maximum Gasteiger partial charge on any atom is 0.308 e. The summed E-state index contributed by atoms with van der Waals surface area (Å²) in [7, 11) is 3.22. The van der Waals surface area contributed by atoms with Gasteiger partial charge in [0.05, 0.1) is 35.0 Å². The summed E-state index contributed by atoms with van der Waals surface area (Å²) in [6.07, 6.45) is 3.63. The van der Waals surface area contributed by atoms with Crippen LogP contribution in [0.5, 0.6) is 0 Å². The molecule has 1 unspecified atom stereocenters. The van der Waals surface area contributed by atoms with Crippen LogP contribution in [-0.2, 0) is 23.0 Å². The number of halogens is 4. The summed E-state index contributed by atoms with van der Waals surface area (Å²) in [6, 6.07) is 3.67. The molecule has 0 spiro atoms. The second-order valence-corrected chi connectivity index (χ2v) is 12.0. The summed E-state index contributed by atoms with van der Waals surface area (Å²) in [4.78, 5) is 34.1. The first-order chi connectivity index (χ1) is 18.9. The predicted octanol–water partition coefficient (Wildman–Crippen LogP) is 5.57. The van der Waals surface area contributed by atoms with E-state index in [-0.39, 0.29) is 47.1 Å². The number of aromatic nitrogens is 2. The van der Waals surface area contributed by atoms with Crippen LogP contribution >= 0.6 is 23.2 Å². The molecule has 0 N–H and O–H groups in total. The Labute approximate surface area is 243 Å². The molecule has 1 saturated heterocycles. The maximum absolute atomic E-state index is 14.1. The number of amides is 1. The summed E-state index contributed by atoms with van der Waals surface area (Å²) < 4.78 is 34.8. The van der Waals surface area contributed by atoms with Crippen LogP contribution in [0.2, 0.25) is 10.0 Å². The zero-order chi connectivity index (χ0) is 28.9. The van der Waals surface area contributed by atoms with Gasteiger partial charge in [-0.2, -0.15) is 0 Å². The Bertz CT molecular complexity index is 1360. The lowest BCUT2D eigenvalue weighted by Gasteiger charge is -2.45. The molecule has 1 aromatic heterocycles.